The minimum atomic E-state index is -1.21. The standard InChI is InChI=1S/C37H58Cl2N10O7/c1-20(2)16-29(35(55)47-28(32(41)52)19-23-11-12-24(38)25(39)17-23)48-33(53)26(10-7-15-44-37(42)43)46-36(56)30(18-22-8-5-4-6-9-22)49-34(54)27(45-21(3)50)13-14-31(40)51/h11-12,17,20,22,26-30H,4-10,13-16,18-19H2,1-3H3,(H2,40,51)(H2,41,52)(H,45,50)(H,46,56)(H,47,55)(H,48,53)(H,49,54)(H4,42,43,44)/t26?,27?,28-,29-,30-/m0/s1. The Hall–Kier alpha value is -4.64. The Balaban J connectivity index is 2.37. The number of guanidine groups is 1. The van der Waals surface area contributed by atoms with Gasteiger partial charge in [0.15, 0.2) is 5.96 Å². The highest BCUT2D eigenvalue weighted by atomic mass is 35.5. The summed E-state index contributed by atoms with van der Waals surface area (Å²) in [4.78, 5) is 95.1. The molecule has 0 radical (unpaired) electrons. The van der Waals surface area contributed by atoms with Gasteiger partial charge in [0.2, 0.25) is 41.4 Å². The summed E-state index contributed by atoms with van der Waals surface area (Å²) >= 11 is 12.2. The van der Waals surface area contributed by atoms with Gasteiger partial charge in [-0.15, -0.1) is 0 Å². The zero-order valence-electron chi connectivity index (χ0n) is 32.3. The van der Waals surface area contributed by atoms with Crippen molar-refractivity contribution >= 4 is 70.5 Å². The van der Waals surface area contributed by atoms with E-state index in [0.29, 0.717) is 10.6 Å². The van der Waals surface area contributed by atoms with Gasteiger partial charge in [-0.25, -0.2) is 0 Å². The van der Waals surface area contributed by atoms with Crippen LogP contribution in [0, 0.1) is 11.8 Å². The Bertz CT molecular complexity index is 1570. The summed E-state index contributed by atoms with van der Waals surface area (Å²) in [6, 6.07) is -1.02. The van der Waals surface area contributed by atoms with Gasteiger partial charge in [-0.1, -0.05) is 75.2 Å². The van der Waals surface area contributed by atoms with Gasteiger partial charge in [-0.3, -0.25) is 38.6 Å². The van der Waals surface area contributed by atoms with E-state index in [1.165, 1.54) is 6.92 Å². The first-order valence-electron chi connectivity index (χ1n) is 18.9. The molecular formula is C37H58Cl2N10O7. The molecule has 0 heterocycles. The van der Waals surface area contributed by atoms with E-state index in [2.05, 4.69) is 31.6 Å². The van der Waals surface area contributed by atoms with Crippen molar-refractivity contribution in [1.82, 2.24) is 26.6 Å². The average molecular weight is 826 g/mol. The first kappa shape index (κ1) is 47.5. The van der Waals surface area contributed by atoms with E-state index in [1.807, 2.05) is 13.8 Å². The highest BCUT2D eigenvalue weighted by Gasteiger charge is 2.34. The SMILES string of the molecule is CC(=O)NC(CCC(N)=O)C(=O)N[C@@H](CC1CCCCC1)C(=O)NC(CCCN=C(N)N)C(=O)N[C@@H](CC(C)C)C(=O)N[C@@H](Cc1ccc(Cl)c(Cl)c1)C(N)=O. The van der Waals surface area contributed by atoms with Gasteiger partial charge < -0.3 is 49.5 Å². The maximum Gasteiger partial charge on any atom is 0.243 e. The Morgan fingerprint density at radius 2 is 1.29 bits per heavy atom. The number of primary amides is 2. The molecule has 0 aromatic heterocycles. The van der Waals surface area contributed by atoms with Crippen molar-refractivity contribution in [1.29, 1.82) is 0 Å². The van der Waals surface area contributed by atoms with Gasteiger partial charge in [0.1, 0.15) is 30.2 Å². The van der Waals surface area contributed by atoms with E-state index in [4.69, 9.17) is 46.1 Å². The highest BCUT2D eigenvalue weighted by molar-refractivity contribution is 6.42. The summed E-state index contributed by atoms with van der Waals surface area (Å²) in [5.74, 6) is -4.89. The molecule has 312 valence electrons. The van der Waals surface area contributed by atoms with Crippen LogP contribution in [0.25, 0.3) is 0 Å². The summed E-state index contributed by atoms with van der Waals surface area (Å²) in [7, 11) is 0. The van der Waals surface area contributed by atoms with E-state index in [-0.39, 0.29) is 74.3 Å². The number of hydrogen-bond donors (Lipinski definition) is 9. The molecule has 56 heavy (non-hydrogen) atoms. The quantitative estimate of drug-likeness (QED) is 0.0428. The third kappa shape index (κ3) is 17.9. The van der Waals surface area contributed by atoms with Gasteiger partial charge in [0, 0.05) is 26.3 Å². The van der Waals surface area contributed by atoms with Gasteiger partial charge >= 0.3 is 0 Å². The molecule has 1 aliphatic carbocycles. The monoisotopic (exact) mass is 824 g/mol. The van der Waals surface area contributed by atoms with E-state index in [1.54, 1.807) is 18.2 Å². The third-order valence-corrected chi connectivity index (χ3v) is 10.0. The average Bonchev–Trinajstić information content (AvgIpc) is 3.11. The summed E-state index contributed by atoms with van der Waals surface area (Å²) in [6.45, 7) is 5.04. The molecule has 2 unspecified atom stereocenters. The minimum Gasteiger partial charge on any atom is -0.370 e. The highest BCUT2D eigenvalue weighted by Crippen LogP contribution is 2.28. The lowest BCUT2D eigenvalue weighted by Gasteiger charge is -2.30. The van der Waals surface area contributed by atoms with Crippen LogP contribution in [0.1, 0.15) is 97.0 Å². The van der Waals surface area contributed by atoms with Crippen LogP contribution in [0.5, 0.6) is 0 Å². The van der Waals surface area contributed by atoms with Crippen molar-refractivity contribution < 1.29 is 33.6 Å². The fourth-order valence-electron chi connectivity index (χ4n) is 6.48. The molecule has 0 bridgehead atoms. The third-order valence-electron chi connectivity index (χ3n) is 9.30. The first-order chi connectivity index (χ1) is 26.4. The van der Waals surface area contributed by atoms with Gasteiger partial charge in [-0.2, -0.15) is 0 Å². The zero-order chi connectivity index (χ0) is 41.9. The summed E-state index contributed by atoms with van der Waals surface area (Å²) < 4.78 is 0. The fourth-order valence-corrected chi connectivity index (χ4v) is 6.80. The molecule has 7 amide bonds. The van der Waals surface area contributed by atoms with Crippen molar-refractivity contribution in [3.63, 3.8) is 0 Å². The zero-order valence-corrected chi connectivity index (χ0v) is 33.8. The summed E-state index contributed by atoms with van der Waals surface area (Å²) in [6.07, 6.45) is 5.09. The molecule has 1 aromatic carbocycles. The smallest absolute Gasteiger partial charge is 0.243 e. The molecule has 5 atom stereocenters. The number of nitrogens with one attached hydrogen (secondary N) is 5. The number of amides is 7. The topological polar surface area (TPSA) is 296 Å². The van der Waals surface area contributed by atoms with Crippen molar-refractivity contribution in [2.75, 3.05) is 6.54 Å². The largest absolute Gasteiger partial charge is 0.370 e. The number of hydrogen-bond acceptors (Lipinski definition) is 8. The van der Waals surface area contributed by atoms with Gasteiger partial charge in [0.25, 0.3) is 0 Å². The molecule has 1 fully saturated rings. The number of nitrogens with two attached hydrogens (primary N) is 4. The Labute approximate surface area is 337 Å². The number of carbonyl (C=O) groups is 7. The summed E-state index contributed by atoms with van der Waals surface area (Å²) in [5, 5.41) is 13.9. The lowest BCUT2D eigenvalue weighted by atomic mass is 9.84. The lowest BCUT2D eigenvalue weighted by Crippen LogP contribution is -2.59. The van der Waals surface area contributed by atoms with Crippen molar-refractivity contribution in [2.45, 2.75) is 128 Å². The second-order valence-electron chi connectivity index (χ2n) is 14.7. The van der Waals surface area contributed by atoms with Crippen molar-refractivity contribution in [3.05, 3.63) is 33.8 Å². The van der Waals surface area contributed by atoms with Crippen molar-refractivity contribution in [3.8, 4) is 0 Å². The Morgan fingerprint density at radius 1 is 0.732 bits per heavy atom. The lowest BCUT2D eigenvalue weighted by molar-refractivity contribution is -0.135. The van der Waals surface area contributed by atoms with Crippen LogP contribution in [-0.2, 0) is 40.0 Å². The minimum absolute atomic E-state index is 0.00318. The molecule has 13 N–H and O–H groups in total. The predicted octanol–water partition coefficient (Wildman–Crippen LogP) is 0.801. The molecule has 0 aliphatic heterocycles. The molecule has 1 aromatic rings. The number of nitrogens with zero attached hydrogens (tertiary/aromatic N) is 1. The molecule has 0 spiro atoms. The second-order valence-corrected chi connectivity index (χ2v) is 15.5. The van der Waals surface area contributed by atoms with Crippen LogP contribution in [0.15, 0.2) is 23.2 Å². The molecular weight excluding hydrogens is 767 g/mol. The van der Waals surface area contributed by atoms with Crippen LogP contribution < -0.4 is 49.5 Å². The number of carbonyl (C=O) groups excluding carboxylic acids is 7. The van der Waals surface area contributed by atoms with Crippen LogP contribution in [0.4, 0.5) is 0 Å². The molecule has 19 heteroatoms. The number of benzene rings is 1. The normalized spacial score (nSPS) is 15.6. The van der Waals surface area contributed by atoms with E-state index < -0.39 is 71.6 Å². The van der Waals surface area contributed by atoms with Crippen LogP contribution in [-0.4, -0.2) is 84.1 Å². The molecule has 1 saturated carbocycles. The van der Waals surface area contributed by atoms with Crippen molar-refractivity contribution in [2.24, 2.45) is 39.8 Å². The molecule has 17 nitrogen and oxygen atoms in total. The molecule has 0 saturated heterocycles. The van der Waals surface area contributed by atoms with E-state index in [0.717, 1.165) is 32.1 Å². The van der Waals surface area contributed by atoms with E-state index >= 15 is 0 Å². The molecule has 1 aliphatic rings. The Kier molecular flexibility index (Phi) is 20.4. The number of halogens is 2. The molecule has 2 rings (SSSR count). The first-order valence-corrected chi connectivity index (χ1v) is 19.7. The van der Waals surface area contributed by atoms with Crippen LogP contribution >= 0.6 is 23.2 Å². The van der Waals surface area contributed by atoms with Gasteiger partial charge in [-0.05, 0) is 61.6 Å². The number of rotatable bonds is 23. The van der Waals surface area contributed by atoms with E-state index in [9.17, 15) is 33.6 Å². The van der Waals surface area contributed by atoms with Crippen LogP contribution in [0.3, 0.4) is 0 Å². The predicted molar refractivity (Wildman–Crippen MR) is 214 cm³/mol. The maximum absolute atomic E-state index is 14.1. The van der Waals surface area contributed by atoms with Crippen LogP contribution in [0.2, 0.25) is 10.0 Å². The second kappa shape index (κ2) is 24.1. The van der Waals surface area contributed by atoms with Gasteiger partial charge in [0.05, 0.1) is 10.0 Å². The fraction of sp³-hybridized carbons (Fsp3) is 0.622. The Morgan fingerprint density at radius 3 is 1.84 bits per heavy atom. The maximum atomic E-state index is 14.1. The summed E-state index contributed by atoms with van der Waals surface area (Å²) in [5.41, 5.74) is 22.5. The number of aliphatic imine (C=N–C) groups is 1.